The summed E-state index contributed by atoms with van der Waals surface area (Å²) < 4.78 is 5.09. The van der Waals surface area contributed by atoms with Gasteiger partial charge in [0.15, 0.2) is 0 Å². The Hall–Kier alpha value is -2.09. The average molecular weight is 254 g/mol. The minimum atomic E-state index is -0.276. The summed E-state index contributed by atoms with van der Waals surface area (Å²) in [4.78, 5) is 11.5. The molecule has 0 saturated heterocycles. The van der Waals surface area contributed by atoms with Gasteiger partial charge in [0.05, 0.1) is 6.61 Å². The summed E-state index contributed by atoms with van der Waals surface area (Å²) in [5.41, 5.74) is 1.03. The summed E-state index contributed by atoms with van der Waals surface area (Å²) >= 11 is 0. The van der Waals surface area contributed by atoms with Gasteiger partial charge in [0.25, 0.3) is 0 Å². The number of ether oxygens (including phenoxy) is 1. The molecule has 2 aromatic carbocycles. The Morgan fingerprint density at radius 1 is 1.16 bits per heavy atom. The first-order chi connectivity index (χ1) is 9.31. The number of benzene rings is 2. The maximum absolute atomic E-state index is 11.5. The molecule has 0 aliphatic heterocycles. The van der Waals surface area contributed by atoms with Gasteiger partial charge in [-0.2, -0.15) is 0 Å². The van der Waals surface area contributed by atoms with E-state index in [0.29, 0.717) is 6.61 Å². The highest BCUT2D eigenvalue weighted by atomic mass is 16.5. The SMILES string of the molecule is CCCCOC(=O)/C=C/c1cccc2ccccc12. The number of fused-ring (bicyclic) bond motifs is 1. The van der Waals surface area contributed by atoms with Crippen LogP contribution in [0.1, 0.15) is 25.3 Å². The summed E-state index contributed by atoms with van der Waals surface area (Å²) in [6.45, 7) is 2.56. The number of unbranched alkanes of at least 4 members (excludes halogenated alkanes) is 1. The Bertz CT molecular complexity index is 579. The molecule has 0 atom stereocenters. The van der Waals surface area contributed by atoms with Crippen LogP contribution in [0.2, 0.25) is 0 Å². The molecule has 0 radical (unpaired) electrons. The lowest BCUT2D eigenvalue weighted by molar-refractivity contribution is -0.137. The first kappa shape index (κ1) is 13.3. The van der Waals surface area contributed by atoms with E-state index < -0.39 is 0 Å². The Morgan fingerprint density at radius 2 is 1.95 bits per heavy atom. The van der Waals surface area contributed by atoms with Gasteiger partial charge in [-0.1, -0.05) is 55.8 Å². The molecule has 0 aliphatic rings. The van der Waals surface area contributed by atoms with Crippen molar-refractivity contribution in [2.45, 2.75) is 19.8 Å². The van der Waals surface area contributed by atoms with Gasteiger partial charge in [0.1, 0.15) is 0 Å². The lowest BCUT2D eigenvalue weighted by atomic mass is 10.0. The Kier molecular flexibility index (Phi) is 4.73. The maximum Gasteiger partial charge on any atom is 0.330 e. The number of hydrogen-bond acceptors (Lipinski definition) is 2. The highest BCUT2D eigenvalue weighted by molar-refractivity contribution is 5.94. The molecule has 2 nitrogen and oxygen atoms in total. The minimum absolute atomic E-state index is 0.276. The van der Waals surface area contributed by atoms with Crippen molar-refractivity contribution in [3.8, 4) is 0 Å². The van der Waals surface area contributed by atoms with Gasteiger partial charge in [-0.25, -0.2) is 4.79 Å². The topological polar surface area (TPSA) is 26.3 Å². The normalized spacial score (nSPS) is 11.0. The molecule has 0 spiro atoms. The molecule has 0 saturated carbocycles. The fourth-order valence-corrected chi connectivity index (χ4v) is 1.92. The van der Waals surface area contributed by atoms with Crippen molar-refractivity contribution in [1.29, 1.82) is 0 Å². The molecule has 98 valence electrons. The van der Waals surface area contributed by atoms with Gasteiger partial charge in [-0.15, -0.1) is 0 Å². The van der Waals surface area contributed by atoms with Crippen LogP contribution in [-0.4, -0.2) is 12.6 Å². The van der Waals surface area contributed by atoms with Gasteiger partial charge in [-0.3, -0.25) is 0 Å². The van der Waals surface area contributed by atoms with E-state index in [9.17, 15) is 4.79 Å². The molecule has 0 amide bonds. The van der Waals surface area contributed by atoms with Crippen molar-refractivity contribution >= 4 is 22.8 Å². The summed E-state index contributed by atoms with van der Waals surface area (Å²) in [7, 11) is 0. The van der Waals surface area contributed by atoms with Gasteiger partial charge >= 0.3 is 5.97 Å². The molecule has 19 heavy (non-hydrogen) atoms. The van der Waals surface area contributed by atoms with E-state index in [1.54, 1.807) is 0 Å². The van der Waals surface area contributed by atoms with Crippen molar-refractivity contribution in [2.24, 2.45) is 0 Å². The molecular formula is C17H18O2. The van der Waals surface area contributed by atoms with Gasteiger partial charge in [-0.05, 0) is 28.8 Å². The van der Waals surface area contributed by atoms with Crippen LogP contribution in [0.15, 0.2) is 48.5 Å². The Balaban J connectivity index is 2.10. The third-order valence-corrected chi connectivity index (χ3v) is 2.96. The van der Waals surface area contributed by atoms with Crippen LogP contribution in [0.25, 0.3) is 16.8 Å². The van der Waals surface area contributed by atoms with Crippen LogP contribution in [0.3, 0.4) is 0 Å². The molecular weight excluding hydrogens is 236 g/mol. The molecule has 0 aromatic heterocycles. The Morgan fingerprint density at radius 3 is 2.79 bits per heavy atom. The molecule has 0 fully saturated rings. The van der Waals surface area contributed by atoms with E-state index in [2.05, 4.69) is 25.1 Å². The largest absolute Gasteiger partial charge is 0.463 e. The molecule has 0 heterocycles. The first-order valence-corrected chi connectivity index (χ1v) is 6.64. The minimum Gasteiger partial charge on any atom is -0.463 e. The van der Waals surface area contributed by atoms with Crippen LogP contribution in [0.5, 0.6) is 0 Å². The number of carbonyl (C=O) groups excluding carboxylic acids is 1. The number of rotatable bonds is 5. The second kappa shape index (κ2) is 6.74. The second-order valence-electron chi connectivity index (χ2n) is 4.42. The van der Waals surface area contributed by atoms with Crippen molar-refractivity contribution < 1.29 is 9.53 Å². The third kappa shape index (κ3) is 3.68. The van der Waals surface area contributed by atoms with Gasteiger partial charge < -0.3 is 4.74 Å². The lowest BCUT2D eigenvalue weighted by Gasteiger charge is -2.02. The zero-order chi connectivity index (χ0) is 13.5. The standard InChI is InChI=1S/C17H18O2/c1-2-3-13-19-17(18)12-11-15-9-6-8-14-7-4-5-10-16(14)15/h4-12H,2-3,13H2,1H3/b12-11+. The van der Waals surface area contributed by atoms with Crippen molar-refractivity contribution in [3.05, 3.63) is 54.1 Å². The van der Waals surface area contributed by atoms with E-state index in [0.717, 1.165) is 23.8 Å². The highest BCUT2D eigenvalue weighted by Crippen LogP contribution is 2.19. The van der Waals surface area contributed by atoms with E-state index in [-0.39, 0.29) is 5.97 Å². The van der Waals surface area contributed by atoms with E-state index in [1.807, 2.05) is 30.3 Å². The second-order valence-corrected chi connectivity index (χ2v) is 4.42. The molecule has 0 aliphatic carbocycles. The summed E-state index contributed by atoms with van der Waals surface area (Å²) in [6, 6.07) is 14.2. The predicted octanol–water partition coefficient (Wildman–Crippen LogP) is 4.20. The third-order valence-electron chi connectivity index (χ3n) is 2.96. The molecule has 0 N–H and O–H groups in total. The van der Waals surface area contributed by atoms with Gasteiger partial charge in [0.2, 0.25) is 0 Å². The molecule has 0 unspecified atom stereocenters. The maximum atomic E-state index is 11.5. The smallest absolute Gasteiger partial charge is 0.330 e. The van der Waals surface area contributed by atoms with Crippen LogP contribution in [-0.2, 0) is 9.53 Å². The number of esters is 1. The van der Waals surface area contributed by atoms with E-state index in [1.165, 1.54) is 11.5 Å². The molecule has 0 bridgehead atoms. The fourth-order valence-electron chi connectivity index (χ4n) is 1.92. The van der Waals surface area contributed by atoms with Gasteiger partial charge in [0, 0.05) is 6.08 Å². The molecule has 2 heteroatoms. The lowest BCUT2D eigenvalue weighted by Crippen LogP contribution is -2.01. The van der Waals surface area contributed by atoms with Crippen LogP contribution in [0.4, 0.5) is 0 Å². The average Bonchev–Trinajstić information content (AvgIpc) is 2.45. The summed E-state index contributed by atoms with van der Waals surface area (Å²) in [5, 5.41) is 2.31. The number of hydrogen-bond donors (Lipinski definition) is 0. The van der Waals surface area contributed by atoms with Crippen molar-refractivity contribution in [2.75, 3.05) is 6.61 Å². The van der Waals surface area contributed by atoms with Crippen LogP contribution >= 0.6 is 0 Å². The predicted molar refractivity (Wildman–Crippen MR) is 78.8 cm³/mol. The van der Waals surface area contributed by atoms with Crippen LogP contribution in [0, 0.1) is 0 Å². The quantitative estimate of drug-likeness (QED) is 0.454. The molecule has 2 aromatic rings. The summed E-state index contributed by atoms with van der Waals surface area (Å²) in [5.74, 6) is -0.276. The van der Waals surface area contributed by atoms with E-state index >= 15 is 0 Å². The molecule has 2 rings (SSSR count). The monoisotopic (exact) mass is 254 g/mol. The first-order valence-electron chi connectivity index (χ1n) is 6.64. The number of carbonyl (C=O) groups is 1. The fraction of sp³-hybridized carbons (Fsp3) is 0.235. The zero-order valence-electron chi connectivity index (χ0n) is 11.1. The van der Waals surface area contributed by atoms with Crippen molar-refractivity contribution in [1.82, 2.24) is 0 Å². The van der Waals surface area contributed by atoms with Crippen LogP contribution < -0.4 is 0 Å². The van der Waals surface area contributed by atoms with E-state index in [4.69, 9.17) is 4.74 Å². The zero-order valence-corrected chi connectivity index (χ0v) is 11.1. The highest BCUT2D eigenvalue weighted by Gasteiger charge is 1.99. The summed E-state index contributed by atoms with van der Waals surface area (Å²) in [6.07, 6.45) is 5.25. The Labute approximate surface area is 113 Å². The van der Waals surface area contributed by atoms with Crippen molar-refractivity contribution in [3.63, 3.8) is 0 Å².